The highest BCUT2D eigenvalue weighted by Gasteiger charge is 2.16. The average Bonchev–Trinajstić information content (AvgIpc) is 2.97. The number of benzene rings is 2. The van der Waals surface area contributed by atoms with Crippen molar-refractivity contribution in [2.45, 2.75) is 12.5 Å². The molecule has 1 amide bonds. The van der Waals surface area contributed by atoms with Crippen molar-refractivity contribution in [1.82, 2.24) is 0 Å². The molecule has 1 atom stereocenters. The van der Waals surface area contributed by atoms with E-state index in [-0.39, 0.29) is 18.0 Å². The van der Waals surface area contributed by atoms with E-state index in [1.165, 1.54) is 24.3 Å². The molecule has 5 nitrogen and oxygen atoms in total. The molecule has 1 unspecified atom stereocenters. The molecule has 0 radical (unpaired) electrons. The van der Waals surface area contributed by atoms with Gasteiger partial charge in [0.1, 0.15) is 11.4 Å². The predicted molar refractivity (Wildman–Crippen MR) is 86.8 cm³/mol. The molecule has 0 bridgehead atoms. The maximum absolute atomic E-state index is 13.0. The number of hydrogen-bond acceptors (Lipinski definition) is 4. The largest absolute Gasteiger partial charge is 0.453 e. The first-order chi connectivity index (χ1) is 11.4. The van der Waals surface area contributed by atoms with E-state index >= 15 is 0 Å². The third-order valence-electron chi connectivity index (χ3n) is 3.72. The van der Waals surface area contributed by atoms with E-state index in [1.807, 2.05) is 0 Å². The third-order valence-corrected chi connectivity index (χ3v) is 3.72. The molecule has 0 aliphatic heterocycles. The van der Waals surface area contributed by atoms with Crippen LogP contribution in [0.3, 0.4) is 0 Å². The first kappa shape index (κ1) is 15.9. The summed E-state index contributed by atoms with van der Waals surface area (Å²) in [7, 11) is 0. The zero-order valence-corrected chi connectivity index (χ0v) is 12.7. The number of hydrogen-bond donors (Lipinski definition) is 2. The Morgan fingerprint density at radius 2 is 1.79 bits per heavy atom. The minimum absolute atomic E-state index is 0.0325. The second kappa shape index (κ2) is 6.25. The number of ketones is 1. The van der Waals surface area contributed by atoms with Crippen molar-refractivity contribution in [2.75, 3.05) is 0 Å². The summed E-state index contributed by atoms with van der Waals surface area (Å²) in [4.78, 5) is 23.4. The smallest absolute Gasteiger partial charge is 0.228 e. The van der Waals surface area contributed by atoms with Gasteiger partial charge in [0.05, 0.1) is 0 Å². The number of primary amides is 1. The molecule has 1 heterocycles. The highest BCUT2D eigenvalue weighted by Crippen LogP contribution is 2.25. The fourth-order valence-corrected chi connectivity index (χ4v) is 2.48. The molecule has 4 N–H and O–H groups in total. The lowest BCUT2D eigenvalue weighted by Crippen LogP contribution is -2.20. The molecule has 3 rings (SSSR count). The van der Waals surface area contributed by atoms with E-state index in [9.17, 15) is 14.0 Å². The first-order valence-electron chi connectivity index (χ1n) is 7.31. The zero-order valence-electron chi connectivity index (χ0n) is 12.7. The van der Waals surface area contributed by atoms with Crippen LogP contribution in [-0.4, -0.2) is 11.7 Å². The Bertz CT molecular complexity index is 916. The summed E-state index contributed by atoms with van der Waals surface area (Å²) in [5, 5.41) is 0.692. The molecule has 0 saturated carbocycles. The second-order valence-corrected chi connectivity index (χ2v) is 5.52. The first-order valence-corrected chi connectivity index (χ1v) is 7.31. The van der Waals surface area contributed by atoms with Gasteiger partial charge >= 0.3 is 0 Å². The number of halogens is 1. The van der Waals surface area contributed by atoms with E-state index in [2.05, 4.69) is 0 Å². The van der Waals surface area contributed by atoms with Crippen molar-refractivity contribution in [1.29, 1.82) is 0 Å². The van der Waals surface area contributed by atoms with Crippen molar-refractivity contribution >= 4 is 22.7 Å². The fourth-order valence-electron chi connectivity index (χ4n) is 2.48. The summed E-state index contributed by atoms with van der Waals surface area (Å²) in [6.45, 7) is 0. The molecule has 0 fully saturated rings. The highest BCUT2D eigenvalue weighted by atomic mass is 19.1. The zero-order chi connectivity index (χ0) is 17.3. The minimum atomic E-state index is -0.516. The van der Waals surface area contributed by atoms with Crippen LogP contribution in [0.2, 0.25) is 0 Å². The lowest BCUT2D eigenvalue weighted by atomic mass is 10.0. The topological polar surface area (TPSA) is 99.3 Å². The van der Waals surface area contributed by atoms with Crippen LogP contribution in [0.5, 0.6) is 0 Å². The Morgan fingerprint density at radius 1 is 1.08 bits per heavy atom. The molecule has 6 heteroatoms. The summed E-state index contributed by atoms with van der Waals surface area (Å²) in [6.07, 6.45) is 0.0325. The third kappa shape index (κ3) is 3.18. The Labute approximate surface area is 137 Å². The van der Waals surface area contributed by atoms with Gasteiger partial charge in [-0.3, -0.25) is 9.59 Å². The van der Waals surface area contributed by atoms with Crippen LogP contribution in [0, 0.1) is 5.82 Å². The highest BCUT2D eigenvalue weighted by molar-refractivity contribution is 6.09. The summed E-state index contributed by atoms with van der Waals surface area (Å²) < 4.78 is 18.5. The monoisotopic (exact) mass is 326 g/mol. The molecule has 0 spiro atoms. The van der Waals surface area contributed by atoms with Gasteiger partial charge < -0.3 is 15.9 Å². The molecule has 0 aliphatic rings. The van der Waals surface area contributed by atoms with E-state index in [0.29, 0.717) is 16.5 Å². The average molecular weight is 326 g/mol. The van der Waals surface area contributed by atoms with Gasteiger partial charge in [0, 0.05) is 23.4 Å². The van der Waals surface area contributed by atoms with Gasteiger partial charge in [-0.1, -0.05) is 6.07 Å². The summed E-state index contributed by atoms with van der Waals surface area (Å²) in [5.41, 5.74) is 12.7. The van der Waals surface area contributed by atoms with Gasteiger partial charge in [-0.15, -0.1) is 0 Å². The molecule has 0 aliphatic carbocycles. The molecule has 2 aromatic carbocycles. The maximum atomic E-state index is 13.0. The van der Waals surface area contributed by atoms with E-state index in [1.54, 1.807) is 24.3 Å². The molecule has 24 heavy (non-hydrogen) atoms. The van der Waals surface area contributed by atoms with Gasteiger partial charge in [0.2, 0.25) is 11.7 Å². The second-order valence-electron chi connectivity index (χ2n) is 5.52. The Kier molecular flexibility index (Phi) is 4.14. The maximum Gasteiger partial charge on any atom is 0.228 e. The Balaban J connectivity index is 1.92. The normalized spacial score (nSPS) is 12.2. The van der Waals surface area contributed by atoms with Crippen LogP contribution in [0.4, 0.5) is 4.39 Å². The number of nitrogens with two attached hydrogens (primary N) is 2. The van der Waals surface area contributed by atoms with E-state index < -0.39 is 17.8 Å². The van der Waals surface area contributed by atoms with E-state index in [0.717, 1.165) is 5.56 Å². The molecular formula is C18H15FN2O3. The fraction of sp³-hybridized carbons (Fsp3) is 0.111. The van der Waals surface area contributed by atoms with Gasteiger partial charge in [0.15, 0.2) is 5.76 Å². The predicted octanol–water partition coefficient (Wildman–Crippen LogP) is 2.68. The Hall–Kier alpha value is -2.99. The van der Waals surface area contributed by atoms with Gasteiger partial charge in [0.25, 0.3) is 0 Å². The number of carbonyl (C=O) groups excluding carboxylic acids is 2. The van der Waals surface area contributed by atoms with Crippen LogP contribution in [0.25, 0.3) is 11.0 Å². The molecular weight excluding hydrogens is 311 g/mol. The number of rotatable bonds is 5. The lowest BCUT2D eigenvalue weighted by molar-refractivity contribution is -0.118. The summed E-state index contributed by atoms with van der Waals surface area (Å²) in [5.74, 6) is -1.09. The van der Waals surface area contributed by atoms with Crippen LogP contribution >= 0.6 is 0 Å². The number of amides is 1. The standard InChI is InChI=1S/C18H15FN2O3/c19-13-4-1-10(2-5-13)18(23)16-8-12-7-11(3-6-15(12)24-16)14(20)9-17(21)22/h1-8,14H,9,20H2,(H2,21,22). The van der Waals surface area contributed by atoms with Gasteiger partial charge in [-0.2, -0.15) is 0 Å². The number of carbonyl (C=O) groups is 2. The van der Waals surface area contributed by atoms with Crippen LogP contribution in [0.15, 0.2) is 52.9 Å². The van der Waals surface area contributed by atoms with Crippen molar-refractivity contribution in [3.63, 3.8) is 0 Å². The van der Waals surface area contributed by atoms with Gasteiger partial charge in [-0.05, 0) is 48.0 Å². The summed E-state index contributed by atoms with van der Waals surface area (Å²) >= 11 is 0. The number of furan rings is 1. The lowest BCUT2D eigenvalue weighted by Gasteiger charge is -2.09. The van der Waals surface area contributed by atoms with Crippen molar-refractivity contribution < 1.29 is 18.4 Å². The summed E-state index contributed by atoms with van der Waals surface area (Å²) in [6, 6.07) is 11.5. The molecule has 3 aromatic rings. The number of fused-ring (bicyclic) bond motifs is 1. The molecule has 122 valence electrons. The van der Waals surface area contributed by atoms with Gasteiger partial charge in [-0.25, -0.2) is 4.39 Å². The SMILES string of the molecule is NC(=O)CC(N)c1ccc2oc(C(=O)c3ccc(F)cc3)cc2c1. The quantitative estimate of drug-likeness (QED) is 0.704. The Morgan fingerprint density at radius 3 is 2.46 bits per heavy atom. The van der Waals surface area contributed by atoms with Crippen molar-refractivity contribution in [3.05, 3.63) is 71.2 Å². The van der Waals surface area contributed by atoms with Crippen LogP contribution in [0.1, 0.15) is 34.1 Å². The molecule has 0 saturated heterocycles. The van der Waals surface area contributed by atoms with Crippen LogP contribution in [-0.2, 0) is 4.79 Å². The van der Waals surface area contributed by atoms with Crippen molar-refractivity contribution in [3.8, 4) is 0 Å². The minimum Gasteiger partial charge on any atom is -0.453 e. The van der Waals surface area contributed by atoms with Crippen LogP contribution < -0.4 is 11.5 Å². The van der Waals surface area contributed by atoms with E-state index in [4.69, 9.17) is 15.9 Å². The van der Waals surface area contributed by atoms with Crippen molar-refractivity contribution in [2.24, 2.45) is 11.5 Å². The molecule has 1 aromatic heterocycles.